The molecule has 0 atom stereocenters. The van der Waals surface area contributed by atoms with Crippen LogP contribution < -0.4 is 0 Å². The maximum absolute atomic E-state index is 12.0. The Morgan fingerprint density at radius 2 is 0.936 bits per heavy atom. The van der Waals surface area contributed by atoms with Crippen LogP contribution in [0.5, 0.6) is 0 Å². The molecule has 0 bridgehead atoms. The highest BCUT2D eigenvalue weighted by molar-refractivity contribution is 5.69. The second-order valence-corrected chi connectivity index (χ2v) is 14.0. The number of carbonyl (C=O) groups is 2. The molecule has 0 fully saturated rings. The minimum Gasteiger partial charge on any atom is -0.466 e. The van der Waals surface area contributed by atoms with Crippen molar-refractivity contribution in [2.24, 2.45) is 5.92 Å². The van der Waals surface area contributed by atoms with Crippen LogP contribution in [0.3, 0.4) is 0 Å². The molecule has 0 saturated carbocycles. The van der Waals surface area contributed by atoms with Crippen molar-refractivity contribution in [3.05, 3.63) is 24.3 Å². The summed E-state index contributed by atoms with van der Waals surface area (Å²) in [5, 5.41) is 0. The molecule has 0 aliphatic carbocycles. The predicted octanol–water partition coefficient (Wildman–Crippen LogP) is 10.7. The molecule has 0 radical (unpaired) electrons. The molecular weight excluding hydrogens is 584 g/mol. The molecule has 0 unspecified atom stereocenters. The number of allylic oxidation sites excluding steroid dienone is 4. The monoisotopic (exact) mass is 663 g/mol. The third-order valence-corrected chi connectivity index (χ3v) is 8.82. The Morgan fingerprint density at radius 3 is 1.36 bits per heavy atom. The Kier molecular flexibility index (Phi) is 34.4. The Bertz CT molecular complexity index is 700. The smallest absolute Gasteiger partial charge is 0.305 e. The molecule has 0 aromatic carbocycles. The van der Waals surface area contributed by atoms with Crippen LogP contribution in [0.2, 0.25) is 0 Å². The molecule has 0 spiro atoms. The standard InChI is InChI=1S/C41H78N2O4/c1-6-8-10-12-14-22-28-36-46-40(44)32-26-20-16-18-24-30-39(38-43(5)35-34-42(3)4)31-25-19-17-21-27-33-41(45)47-37-29-23-15-13-11-9-7-2/h12-15,39H,6-11,16-38H2,1-5H3/b14-12+,15-13+. The number of hydrogen-bond donors (Lipinski definition) is 0. The van der Waals surface area contributed by atoms with Crippen LogP contribution >= 0.6 is 0 Å². The fourth-order valence-electron chi connectivity index (χ4n) is 5.73. The summed E-state index contributed by atoms with van der Waals surface area (Å²) >= 11 is 0. The van der Waals surface area contributed by atoms with Crippen molar-refractivity contribution >= 4 is 11.9 Å². The minimum atomic E-state index is -0.0302. The summed E-state index contributed by atoms with van der Waals surface area (Å²) in [6.45, 7) is 8.91. The highest BCUT2D eigenvalue weighted by Crippen LogP contribution is 2.20. The molecule has 0 heterocycles. The molecule has 47 heavy (non-hydrogen) atoms. The summed E-state index contributed by atoms with van der Waals surface area (Å²) in [6.07, 6.45) is 35.4. The zero-order valence-electron chi connectivity index (χ0n) is 31.9. The largest absolute Gasteiger partial charge is 0.466 e. The predicted molar refractivity (Wildman–Crippen MR) is 202 cm³/mol. The van der Waals surface area contributed by atoms with E-state index in [9.17, 15) is 9.59 Å². The van der Waals surface area contributed by atoms with Crippen molar-refractivity contribution in [1.82, 2.24) is 9.80 Å². The van der Waals surface area contributed by atoms with Crippen LogP contribution in [0.1, 0.15) is 168 Å². The summed E-state index contributed by atoms with van der Waals surface area (Å²) in [7, 11) is 6.56. The van der Waals surface area contributed by atoms with Gasteiger partial charge in [0.1, 0.15) is 0 Å². The second kappa shape index (κ2) is 35.6. The van der Waals surface area contributed by atoms with E-state index >= 15 is 0 Å². The zero-order chi connectivity index (χ0) is 34.6. The first-order valence-electron chi connectivity index (χ1n) is 19.8. The van der Waals surface area contributed by atoms with Gasteiger partial charge < -0.3 is 19.3 Å². The molecular formula is C41H78N2O4. The summed E-state index contributed by atoms with van der Waals surface area (Å²) in [5.74, 6) is 0.685. The van der Waals surface area contributed by atoms with Gasteiger partial charge >= 0.3 is 11.9 Å². The first-order valence-corrected chi connectivity index (χ1v) is 19.8. The van der Waals surface area contributed by atoms with E-state index < -0.39 is 0 Å². The number of carbonyl (C=O) groups excluding carboxylic acids is 2. The normalized spacial score (nSPS) is 12.0. The fraction of sp³-hybridized carbons (Fsp3) is 0.854. The van der Waals surface area contributed by atoms with Crippen molar-refractivity contribution < 1.29 is 19.1 Å². The molecule has 6 heteroatoms. The van der Waals surface area contributed by atoms with Crippen molar-refractivity contribution in [3.63, 3.8) is 0 Å². The van der Waals surface area contributed by atoms with Crippen LogP contribution in [-0.2, 0) is 19.1 Å². The average molecular weight is 663 g/mol. The van der Waals surface area contributed by atoms with Crippen LogP contribution in [0.4, 0.5) is 0 Å². The summed E-state index contributed by atoms with van der Waals surface area (Å²) < 4.78 is 10.8. The molecule has 0 aliphatic heterocycles. The summed E-state index contributed by atoms with van der Waals surface area (Å²) in [6, 6.07) is 0. The first-order chi connectivity index (χ1) is 22.9. The van der Waals surface area contributed by atoms with E-state index in [1.54, 1.807) is 0 Å². The quantitative estimate of drug-likeness (QED) is 0.0382. The molecule has 276 valence electrons. The number of hydrogen-bond acceptors (Lipinski definition) is 6. The molecule has 0 saturated heterocycles. The lowest BCUT2D eigenvalue weighted by molar-refractivity contribution is -0.144. The van der Waals surface area contributed by atoms with Gasteiger partial charge in [0.25, 0.3) is 0 Å². The highest BCUT2D eigenvalue weighted by atomic mass is 16.5. The van der Waals surface area contributed by atoms with Crippen molar-refractivity contribution in [2.75, 3.05) is 54.0 Å². The van der Waals surface area contributed by atoms with Crippen molar-refractivity contribution in [3.8, 4) is 0 Å². The maximum atomic E-state index is 12.0. The van der Waals surface area contributed by atoms with Gasteiger partial charge in [0.15, 0.2) is 0 Å². The van der Waals surface area contributed by atoms with Gasteiger partial charge in [-0.1, -0.05) is 115 Å². The summed E-state index contributed by atoms with van der Waals surface area (Å²) in [4.78, 5) is 28.8. The van der Waals surface area contributed by atoms with Gasteiger partial charge in [0, 0.05) is 32.5 Å². The number of ether oxygens (including phenoxy) is 2. The lowest BCUT2D eigenvalue weighted by Crippen LogP contribution is -2.32. The van der Waals surface area contributed by atoms with Gasteiger partial charge in [-0.2, -0.15) is 0 Å². The number of unbranched alkanes of at least 4 members (excludes halogenated alkanes) is 14. The molecule has 0 N–H and O–H groups in total. The van der Waals surface area contributed by atoms with E-state index in [2.05, 4.69) is 69.1 Å². The van der Waals surface area contributed by atoms with Gasteiger partial charge in [0.05, 0.1) is 13.2 Å². The third-order valence-electron chi connectivity index (χ3n) is 8.82. The number of likely N-dealkylation sites (N-methyl/N-ethyl adjacent to an activating group) is 2. The van der Waals surface area contributed by atoms with E-state index in [0.29, 0.717) is 26.1 Å². The van der Waals surface area contributed by atoms with E-state index in [1.165, 1.54) is 83.6 Å². The van der Waals surface area contributed by atoms with Crippen LogP contribution in [0.15, 0.2) is 24.3 Å². The molecule has 6 nitrogen and oxygen atoms in total. The Hall–Kier alpha value is -1.66. The zero-order valence-corrected chi connectivity index (χ0v) is 31.9. The SMILES string of the molecule is CCCC/C=C/CCCOC(=O)CCCCCCCC(CCCCCCCC(=O)OCCC/C=C/CCCC)CN(C)CCN(C)C. The fourth-order valence-corrected chi connectivity index (χ4v) is 5.73. The second-order valence-electron chi connectivity index (χ2n) is 14.0. The van der Waals surface area contributed by atoms with Crippen LogP contribution in [-0.4, -0.2) is 75.7 Å². The van der Waals surface area contributed by atoms with E-state index in [4.69, 9.17) is 9.47 Å². The van der Waals surface area contributed by atoms with Gasteiger partial charge in [-0.25, -0.2) is 0 Å². The number of nitrogens with zero attached hydrogens (tertiary/aromatic N) is 2. The molecule has 0 aromatic heterocycles. The van der Waals surface area contributed by atoms with E-state index in [0.717, 1.165) is 83.2 Å². The third kappa shape index (κ3) is 35.5. The minimum absolute atomic E-state index is 0.0302. The molecule has 0 rings (SSSR count). The van der Waals surface area contributed by atoms with E-state index in [1.807, 2.05) is 0 Å². The van der Waals surface area contributed by atoms with E-state index in [-0.39, 0.29) is 11.9 Å². The topological polar surface area (TPSA) is 59.1 Å². The first kappa shape index (κ1) is 45.3. The number of esters is 2. The van der Waals surface area contributed by atoms with Crippen LogP contribution in [0.25, 0.3) is 0 Å². The average Bonchev–Trinajstić information content (AvgIpc) is 3.05. The van der Waals surface area contributed by atoms with Crippen molar-refractivity contribution in [1.29, 1.82) is 0 Å². The molecule has 0 amide bonds. The molecule has 0 aliphatic rings. The van der Waals surface area contributed by atoms with Gasteiger partial charge in [-0.05, 0) is 91.3 Å². The van der Waals surface area contributed by atoms with Gasteiger partial charge in [0.2, 0.25) is 0 Å². The van der Waals surface area contributed by atoms with Crippen LogP contribution in [0, 0.1) is 5.92 Å². The summed E-state index contributed by atoms with van der Waals surface area (Å²) in [5.41, 5.74) is 0. The molecule has 0 aromatic rings. The lowest BCUT2D eigenvalue weighted by Gasteiger charge is -2.25. The van der Waals surface area contributed by atoms with Gasteiger partial charge in [-0.3, -0.25) is 9.59 Å². The highest BCUT2D eigenvalue weighted by Gasteiger charge is 2.12. The number of rotatable bonds is 35. The Balaban J connectivity index is 4.03. The Morgan fingerprint density at radius 1 is 0.532 bits per heavy atom. The van der Waals surface area contributed by atoms with Gasteiger partial charge in [-0.15, -0.1) is 0 Å². The lowest BCUT2D eigenvalue weighted by atomic mass is 9.93. The Labute approximate surface area is 292 Å². The van der Waals surface area contributed by atoms with Crippen molar-refractivity contribution in [2.45, 2.75) is 168 Å². The maximum Gasteiger partial charge on any atom is 0.305 e.